The average Bonchev–Trinajstić information content (AvgIpc) is 3.06. The van der Waals surface area contributed by atoms with Gasteiger partial charge in [0, 0.05) is 12.1 Å². The Balaban J connectivity index is 1.35. The Morgan fingerprint density at radius 1 is 1.07 bits per heavy atom. The van der Waals surface area contributed by atoms with Crippen molar-refractivity contribution in [3.8, 4) is 11.3 Å². The molecule has 0 atom stereocenters. The van der Waals surface area contributed by atoms with Crippen LogP contribution in [0.25, 0.3) is 21.6 Å². The fraction of sp³-hybridized carbons (Fsp3) is 0.211. The Kier molecular flexibility index (Phi) is 5.40. The second kappa shape index (κ2) is 8.12. The predicted octanol–water partition coefficient (Wildman–Crippen LogP) is 4.69. The number of rotatable bonds is 6. The van der Waals surface area contributed by atoms with E-state index in [9.17, 15) is 4.39 Å². The number of aromatic nitrogens is 5. The zero-order chi connectivity index (χ0) is 19.5. The Bertz CT molecular complexity index is 1100. The number of halogens is 2. The molecule has 0 saturated carbocycles. The lowest BCUT2D eigenvalue weighted by Crippen LogP contribution is -2.06. The van der Waals surface area contributed by atoms with Crippen molar-refractivity contribution in [1.29, 1.82) is 0 Å². The number of fused-ring (bicyclic) bond motifs is 1. The van der Waals surface area contributed by atoms with Crippen molar-refractivity contribution in [2.24, 2.45) is 0 Å². The first-order valence-corrected chi connectivity index (χ1v) is 9.89. The van der Waals surface area contributed by atoms with E-state index in [0.717, 1.165) is 46.5 Å². The normalized spacial score (nSPS) is 11.1. The first-order valence-electron chi connectivity index (χ1n) is 8.70. The fourth-order valence-electron chi connectivity index (χ4n) is 2.83. The highest BCUT2D eigenvalue weighted by Gasteiger charge is 2.11. The van der Waals surface area contributed by atoms with Crippen LogP contribution in [0.15, 0.2) is 36.7 Å². The molecule has 1 aromatic carbocycles. The zero-order valence-electron chi connectivity index (χ0n) is 15.0. The summed E-state index contributed by atoms with van der Waals surface area (Å²) in [5, 5.41) is 4.46. The van der Waals surface area contributed by atoms with Gasteiger partial charge in [-0.25, -0.2) is 19.9 Å². The Hall–Kier alpha value is -2.71. The maximum absolute atomic E-state index is 12.9. The van der Waals surface area contributed by atoms with E-state index >= 15 is 0 Å². The molecule has 0 unspecified atom stereocenters. The Morgan fingerprint density at radius 2 is 1.89 bits per heavy atom. The van der Waals surface area contributed by atoms with Crippen LogP contribution in [0, 0.1) is 12.9 Å². The van der Waals surface area contributed by atoms with Crippen molar-refractivity contribution in [3.05, 3.63) is 58.5 Å². The molecular formula is C19H16ClFN6S. The van der Waals surface area contributed by atoms with Gasteiger partial charge in [0.2, 0.25) is 11.2 Å². The highest BCUT2D eigenvalue weighted by Crippen LogP contribution is 2.26. The Morgan fingerprint density at radius 3 is 2.64 bits per heavy atom. The summed E-state index contributed by atoms with van der Waals surface area (Å²) in [5.74, 6) is 0.0903. The quantitative estimate of drug-likeness (QED) is 0.364. The lowest BCUT2D eigenvalue weighted by Gasteiger charge is -2.07. The van der Waals surface area contributed by atoms with Crippen LogP contribution < -0.4 is 5.32 Å². The van der Waals surface area contributed by atoms with Gasteiger partial charge < -0.3 is 5.32 Å². The molecule has 3 heterocycles. The lowest BCUT2D eigenvalue weighted by molar-refractivity contribution is 0.577. The number of anilines is 1. The topological polar surface area (TPSA) is 76.5 Å². The number of hydrogen-bond donors (Lipinski definition) is 1. The lowest BCUT2D eigenvalue weighted by atomic mass is 10.1. The molecule has 0 aliphatic rings. The maximum Gasteiger partial charge on any atom is 0.231 e. The molecule has 3 aromatic heterocycles. The second-order valence-electron chi connectivity index (χ2n) is 6.18. The maximum atomic E-state index is 12.9. The summed E-state index contributed by atoms with van der Waals surface area (Å²) >= 11 is 7.50. The highest BCUT2D eigenvalue weighted by molar-refractivity contribution is 7.18. The van der Waals surface area contributed by atoms with E-state index in [1.54, 1.807) is 0 Å². The van der Waals surface area contributed by atoms with E-state index in [0.29, 0.717) is 11.5 Å². The van der Waals surface area contributed by atoms with E-state index in [4.69, 9.17) is 11.6 Å². The van der Waals surface area contributed by atoms with Crippen molar-refractivity contribution in [1.82, 2.24) is 24.9 Å². The number of nitrogens with zero attached hydrogens (tertiary/aromatic N) is 5. The number of aryl methyl sites for hydroxylation is 2. The first-order chi connectivity index (χ1) is 13.6. The van der Waals surface area contributed by atoms with Gasteiger partial charge in [0.25, 0.3) is 0 Å². The predicted molar refractivity (Wildman–Crippen MR) is 109 cm³/mol. The van der Waals surface area contributed by atoms with Gasteiger partial charge in [-0.1, -0.05) is 35.6 Å². The van der Waals surface area contributed by atoms with Crippen LogP contribution in [-0.2, 0) is 6.42 Å². The minimum atomic E-state index is -0.581. The molecule has 0 aliphatic heterocycles. The van der Waals surface area contributed by atoms with Gasteiger partial charge in [-0.05, 0) is 36.9 Å². The van der Waals surface area contributed by atoms with Crippen LogP contribution in [0.1, 0.15) is 17.0 Å². The van der Waals surface area contributed by atoms with Crippen molar-refractivity contribution in [2.45, 2.75) is 19.8 Å². The van der Waals surface area contributed by atoms with Gasteiger partial charge >= 0.3 is 0 Å². The number of benzene rings is 1. The fourth-order valence-corrected chi connectivity index (χ4v) is 3.83. The SMILES string of the molecule is Cc1nc2c(NCCCc3ccc(-c4cnc(F)cn4)cc3)nc(Cl)nc2s1. The number of hydrogen-bond acceptors (Lipinski definition) is 7. The molecular weight excluding hydrogens is 399 g/mol. The van der Waals surface area contributed by atoms with Crippen LogP contribution in [0.4, 0.5) is 10.2 Å². The molecule has 0 spiro atoms. The Labute approximate surface area is 169 Å². The number of thiazole rings is 1. The third-order valence-corrected chi connectivity index (χ3v) is 5.18. The van der Waals surface area contributed by atoms with Crippen LogP contribution in [0.3, 0.4) is 0 Å². The van der Waals surface area contributed by atoms with Crippen LogP contribution in [-0.4, -0.2) is 31.5 Å². The van der Waals surface area contributed by atoms with Crippen LogP contribution in [0.2, 0.25) is 5.28 Å². The van der Waals surface area contributed by atoms with Crippen molar-refractivity contribution < 1.29 is 4.39 Å². The van der Waals surface area contributed by atoms with Gasteiger partial charge in [-0.2, -0.15) is 9.37 Å². The standard InChI is InChI=1S/C19H16ClFN6S/c1-11-25-16-17(26-19(20)27-18(16)28-11)22-8-2-3-12-4-6-13(7-5-12)14-9-24-15(21)10-23-14/h4-7,9-10H,2-3,8H2,1H3,(H,22,26,27). The molecule has 0 aliphatic carbocycles. The van der Waals surface area contributed by atoms with Crippen LogP contribution in [0.5, 0.6) is 0 Å². The van der Waals surface area contributed by atoms with E-state index in [1.807, 2.05) is 31.2 Å². The monoisotopic (exact) mass is 414 g/mol. The van der Waals surface area contributed by atoms with Gasteiger partial charge in [-0.15, -0.1) is 0 Å². The third kappa shape index (κ3) is 4.23. The smallest absolute Gasteiger partial charge is 0.231 e. The van der Waals surface area contributed by atoms with Gasteiger partial charge in [-0.3, -0.25) is 0 Å². The summed E-state index contributed by atoms with van der Waals surface area (Å²) in [6, 6.07) is 8.03. The summed E-state index contributed by atoms with van der Waals surface area (Å²) in [6.45, 7) is 2.68. The van der Waals surface area contributed by atoms with E-state index in [1.165, 1.54) is 23.1 Å². The van der Waals surface area contributed by atoms with Gasteiger partial charge in [0.15, 0.2) is 10.6 Å². The van der Waals surface area contributed by atoms with Crippen molar-refractivity contribution >= 4 is 39.1 Å². The molecule has 4 aromatic rings. The molecule has 0 amide bonds. The van der Waals surface area contributed by atoms with Crippen molar-refractivity contribution in [3.63, 3.8) is 0 Å². The van der Waals surface area contributed by atoms with Crippen LogP contribution >= 0.6 is 22.9 Å². The highest BCUT2D eigenvalue weighted by atomic mass is 35.5. The largest absolute Gasteiger partial charge is 0.368 e. The van der Waals surface area contributed by atoms with E-state index in [-0.39, 0.29) is 5.28 Å². The average molecular weight is 415 g/mol. The molecule has 0 saturated heterocycles. The molecule has 1 N–H and O–H groups in total. The summed E-state index contributed by atoms with van der Waals surface area (Å²) in [4.78, 5) is 21.4. The van der Waals surface area contributed by atoms with Crippen molar-refractivity contribution in [2.75, 3.05) is 11.9 Å². The van der Waals surface area contributed by atoms with E-state index < -0.39 is 5.95 Å². The summed E-state index contributed by atoms with van der Waals surface area (Å²) < 4.78 is 12.9. The zero-order valence-corrected chi connectivity index (χ0v) is 16.6. The van der Waals surface area contributed by atoms with E-state index in [2.05, 4.69) is 30.2 Å². The first kappa shape index (κ1) is 18.6. The third-order valence-electron chi connectivity index (χ3n) is 4.14. The minimum absolute atomic E-state index is 0.220. The van der Waals surface area contributed by atoms with Gasteiger partial charge in [0.1, 0.15) is 5.52 Å². The minimum Gasteiger partial charge on any atom is -0.368 e. The molecule has 0 bridgehead atoms. The van der Waals surface area contributed by atoms with Gasteiger partial charge in [0.05, 0.1) is 23.1 Å². The molecule has 9 heteroatoms. The molecule has 142 valence electrons. The number of nitrogens with one attached hydrogen (secondary N) is 1. The molecule has 0 fully saturated rings. The molecule has 0 radical (unpaired) electrons. The molecule has 28 heavy (non-hydrogen) atoms. The summed E-state index contributed by atoms with van der Waals surface area (Å²) in [6.07, 6.45) is 4.37. The summed E-state index contributed by atoms with van der Waals surface area (Å²) in [5.41, 5.74) is 3.52. The molecule has 4 rings (SSSR count). The molecule has 6 nitrogen and oxygen atoms in total. The second-order valence-corrected chi connectivity index (χ2v) is 7.70. The summed E-state index contributed by atoms with van der Waals surface area (Å²) in [7, 11) is 0.